The predicted octanol–water partition coefficient (Wildman–Crippen LogP) is 4.58. The van der Waals surface area contributed by atoms with Gasteiger partial charge in [0, 0.05) is 0 Å². The molecule has 0 saturated carbocycles. The van der Waals surface area contributed by atoms with Gasteiger partial charge < -0.3 is 10.1 Å². The van der Waals surface area contributed by atoms with E-state index < -0.39 is 11.7 Å². The Hall–Kier alpha value is -2.17. The summed E-state index contributed by atoms with van der Waals surface area (Å²) >= 11 is 0. The zero-order chi connectivity index (χ0) is 15.5. The monoisotopic (exact) mass is 295 g/mol. The van der Waals surface area contributed by atoms with Crippen LogP contribution < -0.4 is 10.1 Å². The Morgan fingerprint density at radius 3 is 2.05 bits per heavy atom. The average molecular weight is 295 g/mol. The van der Waals surface area contributed by atoms with Crippen LogP contribution in [0.2, 0.25) is 0 Å². The number of anilines is 1. The topological polar surface area (TPSA) is 21.3 Å². The van der Waals surface area contributed by atoms with E-state index in [1.54, 1.807) is 42.5 Å². The second-order valence-corrected chi connectivity index (χ2v) is 4.81. The molecule has 0 spiro atoms. The van der Waals surface area contributed by atoms with Crippen LogP contribution in [0.5, 0.6) is 5.75 Å². The van der Waals surface area contributed by atoms with Gasteiger partial charge in [0.2, 0.25) is 0 Å². The minimum absolute atomic E-state index is 0.142. The summed E-state index contributed by atoms with van der Waals surface area (Å²) in [5.41, 5.74) is -1.77. The molecule has 1 N–H and O–H groups in total. The first-order chi connectivity index (χ1) is 9.88. The highest BCUT2D eigenvalue weighted by molar-refractivity contribution is 5.59. The molecule has 0 amide bonds. The van der Waals surface area contributed by atoms with E-state index in [2.05, 4.69) is 5.32 Å². The molecule has 1 atom stereocenters. The summed E-state index contributed by atoms with van der Waals surface area (Å²) < 4.78 is 45.9. The fourth-order valence-electron chi connectivity index (χ4n) is 2.10. The van der Waals surface area contributed by atoms with Crippen molar-refractivity contribution in [1.82, 2.24) is 0 Å². The van der Waals surface area contributed by atoms with E-state index in [0.29, 0.717) is 11.4 Å². The van der Waals surface area contributed by atoms with Crippen molar-refractivity contribution in [1.29, 1.82) is 0 Å². The van der Waals surface area contributed by atoms with Crippen LogP contribution in [-0.4, -0.2) is 13.3 Å². The minimum Gasteiger partial charge on any atom is -0.495 e. The minimum atomic E-state index is -4.46. The van der Waals surface area contributed by atoms with Gasteiger partial charge in [0.05, 0.1) is 12.8 Å². The van der Waals surface area contributed by atoms with E-state index in [0.717, 1.165) is 6.92 Å². The summed E-state index contributed by atoms with van der Waals surface area (Å²) in [6, 6.07) is 14.3. The maximum absolute atomic E-state index is 13.6. The molecule has 0 bridgehead atoms. The number of halogens is 3. The second kappa shape index (κ2) is 5.68. The largest absolute Gasteiger partial charge is 0.495 e. The molecular formula is C16H16F3NO. The average Bonchev–Trinajstić information content (AvgIpc) is 2.47. The number of para-hydroxylation sites is 2. The van der Waals surface area contributed by atoms with Crippen molar-refractivity contribution in [3.05, 3.63) is 60.2 Å². The molecule has 21 heavy (non-hydrogen) atoms. The van der Waals surface area contributed by atoms with Gasteiger partial charge in [0.15, 0.2) is 5.54 Å². The Morgan fingerprint density at radius 1 is 0.905 bits per heavy atom. The smallest absolute Gasteiger partial charge is 0.415 e. The molecule has 2 aromatic carbocycles. The third-order valence-corrected chi connectivity index (χ3v) is 3.41. The van der Waals surface area contributed by atoms with Crippen LogP contribution >= 0.6 is 0 Å². The summed E-state index contributed by atoms with van der Waals surface area (Å²) in [4.78, 5) is 0. The number of hydrogen-bond acceptors (Lipinski definition) is 2. The molecular weight excluding hydrogens is 279 g/mol. The molecule has 0 aliphatic rings. The lowest BCUT2D eigenvalue weighted by Gasteiger charge is -2.35. The lowest BCUT2D eigenvalue weighted by atomic mass is 9.90. The molecule has 0 radical (unpaired) electrons. The number of rotatable bonds is 4. The van der Waals surface area contributed by atoms with Crippen LogP contribution in [0.1, 0.15) is 12.5 Å². The van der Waals surface area contributed by atoms with Gasteiger partial charge in [0.1, 0.15) is 5.75 Å². The summed E-state index contributed by atoms with van der Waals surface area (Å²) in [6.07, 6.45) is -4.46. The fraction of sp³-hybridized carbons (Fsp3) is 0.250. The van der Waals surface area contributed by atoms with Crippen LogP contribution in [-0.2, 0) is 5.54 Å². The molecule has 112 valence electrons. The SMILES string of the molecule is COc1ccccc1NC(C)(c1ccccc1)C(F)(F)F. The Bertz CT molecular complexity index is 598. The second-order valence-electron chi connectivity index (χ2n) is 4.81. The van der Waals surface area contributed by atoms with Crippen LogP contribution in [0, 0.1) is 0 Å². The molecule has 2 rings (SSSR count). The van der Waals surface area contributed by atoms with E-state index in [4.69, 9.17) is 4.74 Å². The first kappa shape index (κ1) is 15.2. The number of ether oxygens (including phenoxy) is 1. The van der Waals surface area contributed by atoms with Crippen molar-refractivity contribution in [3.63, 3.8) is 0 Å². The van der Waals surface area contributed by atoms with E-state index >= 15 is 0 Å². The van der Waals surface area contributed by atoms with Gasteiger partial charge in [-0.2, -0.15) is 13.2 Å². The number of alkyl halides is 3. The van der Waals surface area contributed by atoms with E-state index in [9.17, 15) is 13.2 Å². The summed E-state index contributed by atoms with van der Waals surface area (Å²) in [5, 5.41) is 2.58. The first-order valence-corrected chi connectivity index (χ1v) is 6.42. The third kappa shape index (κ3) is 2.96. The molecule has 2 aromatic rings. The zero-order valence-corrected chi connectivity index (χ0v) is 11.7. The third-order valence-electron chi connectivity index (χ3n) is 3.41. The molecule has 2 nitrogen and oxygen atoms in total. The van der Waals surface area contributed by atoms with Crippen molar-refractivity contribution < 1.29 is 17.9 Å². The Kier molecular flexibility index (Phi) is 4.11. The Labute approximate surface area is 121 Å². The van der Waals surface area contributed by atoms with E-state index in [1.807, 2.05) is 0 Å². The maximum Gasteiger partial charge on any atom is 0.415 e. The molecule has 0 aromatic heterocycles. The number of hydrogen-bond donors (Lipinski definition) is 1. The van der Waals surface area contributed by atoms with Gasteiger partial charge in [-0.1, -0.05) is 42.5 Å². The number of benzene rings is 2. The van der Waals surface area contributed by atoms with Crippen molar-refractivity contribution in [3.8, 4) is 5.75 Å². The van der Waals surface area contributed by atoms with Gasteiger partial charge in [-0.05, 0) is 24.6 Å². The molecule has 0 aliphatic carbocycles. The highest BCUT2D eigenvalue weighted by Crippen LogP contribution is 2.42. The van der Waals surface area contributed by atoms with Gasteiger partial charge >= 0.3 is 6.18 Å². The highest BCUT2D eigenvalue weighted by Gasteiger charge is 2.52. The summed E-state index contributed by atoms with van der Waals surface area (Å²) in [5.74, 6) is 0.365. The molecule has 0 aliphatic heterocycles. The number of nitrogens with one attached hydrogen (secondary N) is 1. The van der Waals surface area contributed by atoms with Crippen LogP contribution in [0.15, 0.2) is 54.6 Å². The van der Waals surface area contributed by atoms with Gasteiger partial charge in [-0.25, -0.2) is 0 Å². The summed E-state index contributed by atoms with van der Waals surface area (Å²) in [7, 11) is 1.42. The predicted molar refractivity (Wildman–Crippen MR) is 76.5 cm³/mol. The Morgan fingerprint density at radius 2 is 1.48 bits per heavy atom. The van der Waals surface area contributed by atoms with Crippen molar-refractivity contribution >= 4 is 5.69 Å². The molecule has 5 heteroatoms. The first-order valence-electron chi connectivity index (χ1n) is 6.42. The molecule has 0 saturated heterocycles. The molecule has 0 heterocycles. The maximum atomic E-state index is 13.6. The lowest BCUT2D eigenvalue weighted by molar-refractivity contribution is -0.177. The van der Waals surface area contributed by atoms with E-state index in [1.165, 1.54) is 19.2 Å². The normalized spacial score (nSPS) is 14.3. The Balaban J connectivity index is 2.48. The van der Waals surface area contributed by atoms with Crippen LogP contribution in [0.3, 0.4) is 0 Å². The van der Waals surface area contributed by atoms with Crippen molar-refractivity contribution in [2.24, 2.45) is 0 Å². The summed E-state index contributed by atoms with van der Waals surface area (Å²) in [6.45, 7) is 1.12. The fourth-order valence-corrected chi connectivity index (χ4v) is 2.10. The van der Waals surface area contributed by atoms with Crippen LogP contribution in [0.4, 0.5) is 18.9 Å². The molecule has 1 unspecified atom stereocenters. The standard InChI is InChI=1S/C16H16F3NO/c1-15(16(17,18)19,12-8-4-3-5-9-12)20-13-10-6-7-11-14(13)21-2/h3-11,20H,1-2H3. The van der Waals surface area contributed by atoms with Gasteiger partial charge in [-0.3, -0.25) is 0 Å². The zero-order valence-electron chi connectivity index (χ0n) is 11.7. The lowest BCUT2D eigenvalue weighted by Crippen LogP contribution is -2.46. The van der Waals surface area contributed by atoms with Gasteiger partial charge in [-0.15, -0.1) is 0 Å². The van der Waals surface area contributed by atoms with Crippen LogP contribution in [0.25, 0.3) is 0 Å². The van der Waals surface area contributed by atoms with E-state index in [-0.39, 0.29) is 5.56 Å². The highest BCUT2D eigenvalue weighted by atomic mass is 19.4. The molecule has 0 fully saturated rings. The van der Waals surface area contributed by atoms with Crippen molar-refractivity contribution in [2.45, 2.75) is 18.6 Å². The quantitative estimate of drug-likeness (QED) is 0.891. The van der Waals surface area contributed by atoms with Gasteiger partial charge in [0.25, 0.3) is 0 Å². The van der Waals surface area contributed by atoms with Crippen molar-refractivity contribution in [2.75, 3.05) is 12.4 Å². The number of methoxy groups -OCH3 is 1.